The molecular weight excluding hydrogens is 220 g/mol. The van der Waals surface area contributed by atoms with Gasteiger partial charge >= 0.3 is 0 Å². The van der Waals surface area contributed by atoms with Crippen LogP contribution in [-0.2, 0) is 11.2 Å². The van der Waals surface area contributed by atoms with Gasteiger partial charge in [0.15, 0.2) is 0 Å². The van der Waals surface area contributed by atoms with Gasteiger partial charge in [0, 0.05) is 7.11 Å². The van der Waals surface area contributed by atoms with Crippen molar-refractivity contribution in [3.8, 4) is 0 Å². The summed E-state index contributed by atoms with van der Waals surface area (Å²) in [6.07, 6.45) is 2.24. The molecule has 96 valence electrons. The van der Waals surface area contributed by atoms with Crippen LogP contribution in [0.3, 0.4) is 0 Å². The SMILES string of the molecule is COC(c1noc(CC(O)C(C)C)n1)C1CC1. The number of aromatic nitrogens is 2. The molecule has 1 aliphatic carbocycles. The zero-order valence-corrected chi connectivity index (χ0v) is 10.6. The fraction of sp³-hybridized carbons (Fsp3) is 0.833. The highest BCUT2D eigenvalue weighted by molar-refractivity contribution is 4.98. The van der Waals surface area contributed by atoms with Crippen molar-refractivity contribution in [2.75, 3.05) is 7.11 Å². The third-order valence-corrected chi connectivity index (χ3v) is 3.20. The number of aliphatic hydroxyl groups excluding tert-OH is 1. The molecule has 2 unspecified atom stereocenters. The largest absolute Gasteiger partial charge is 0.392 e. The van der Waals surface area contributed by atoms with Crippen LogP contribution in [0.5, 0.6) is 0 Å². The second kappa shape index (κ2) is 5.14. The van der Waals surface area contributed by atoms with Crippen LogP contribution < -0.4 is 0 Å². The Hall–Kier alpha value is -0.940. The summed E-state index contributed by atoms with van der Waals surface area (Å²) in [6, 6.07) is 0. The van der Waals surface area contributed by atoms with E-state index in [1.165, 1.54) is 0 Å². The molecular formula is C12H20N2O3. The van der Waals surface area contributed by atoms with Gasteiger partial charge in [-0.3, -0.25) is 0 Å². The number of ether oxygens (including phenoxy) is 1. The van der Waals surface area contributed by atoms with Gasteiger partial charge in [-0.25, -0.2) is 0 Å². The van der Waals surface area contributed by atoms with Crippen molar-refractivity contribution >= 4 is 0 Å². The summed E-state index contributed by atoms with van der Waals surface area (Å²) in [4.78, 5) is 4.30. The standard InChI is InChI=1S/C12H20N2O3/c1-7(2)9(15)6-10-13-12(14-17-10)11(16-3)8-4-5-8/h7-9,11,15H,4-6H2,1-3H3. The highest BCUT2D eigenvalue weighted by atomic mass is 16.5. The predicted octanol–water partition coefficient (Wildman–Crippen LogP) is 1.73. The zero-order chi connectivity index (χ0) is 12.4. The molecule has 0 radical (unpaired) electrons. The first-order chi connectivity index (χ1) is 8.11. The van der Waals surface area contributed by atoms with E-state index in [0.29, 0.717) is 24.1 Å². The maximum absolute atomic E-state index is 9.75. The second-order valence-corrected chi connectivity index (χ2v) is 5.06. The minimum absolute atomic E-state index is 0.0521. The minimum Gasteiger partial charge on any atom is -0.392 e. The van der Waals surface area contributed by atoms with E-state index < -0.39 is 6.10 Å². The Kier molecular flexibility index (Phi) is 3.79. The molecule has 0 bridgehead atoms. The summed E-state index contributed by atoms with van der Waals surface area (Å²) in [5.41, 5.74) is 0. The number of rotatable bonds is 6. The molecule has 0 aromatic carbocycles. The Morgan fingerprint density at radius 3 is 2.71 bits per heavy atom. The Morgan fingerprint density at radius 2 is 2.18 bits per heavy atom. The molecule has 0 aliphatic heterocycles. The van der Waals surface area contributed by atoms with Crippen LogP contribution in [0.1, 0.15) is 44.5 Å². The highest BCUT2D eigenvalue weighted by Crippen LogP contribution is 2.41. The lowest BCUT2D eigenvalue weighted by Crippen LogP contribution is -2.17. The van der Waals surface area contributed by atoms with E-state index in [2.05, 4.69) is 10.1 Å². The topological polar surface area (TPSA) is 68.4 Å². The Bertz CT molecular complexity index is 360. The lowest BCUT2D eigenvalue weighted by atomic mass is 10.0. The van der Waals surface area contributed by atoms with Crippen LogP contribution in [0.2, 0.25) is 0 Å². The van der Waals surface area contributed by atoms with E-state index in [4.69, 9.17) is 9.26 Å². The number of aliphatic hydroxyl groups is 1. The summed E-state index contributed by atoms with van der Waals surface area (Å²) in [7, 11) is 1.67. The number of hydrogen-bond donors (Lipinski definition) is 1. The molecule has 0 amide bonds. The van der Waals surface area contributed by atoms with Gasteiger partial charge in [0.25, 0.3) is 0 Å². The number of hydrogen-bond acceptors (Lipinski definition) is 5. The van der Waals surface area contributed by atoms with Crippen molar-refractivity contribution in [1.82, 2.24) is 10.1 Å². The lowest BCUT2D eigenvalue weighted by molar-refractivity contribution is 0.0751. The van der Waals surface area contributed by atoms with E-state index in [1.54, 1.807) is 7.11 Å². The van der Waals surface area contributed by atoms with E-state index in [9.17, 15) is 5.11 Å². The van der Waals surface area contributed by atoms with Crippen molar-refractivity contribution in [1.29, 1.82) is 0 Å². The second-order valence-electron chi connectivity index (χ2n) is 5.06. The van der Waals surface area contributed by atoms with Crippen LogP contribution in [0, 0.1) is 11.8 Å². The third kappa shape index (κ3) is 3.04. The number of methoxy groups -OCH3 is 1. The van der Waals surface area contributed by atoms with Gasteiger partial charge in [0.2, 0.25) is 11.7 Å². The van der Waals surface area contributed by atoms with Gasteiger partial charge in [-0.05, 0) is 24.7 Å². The van der Waals surface area contributed by atoms with Gasteiger partial charge in [-0.15, -0.1) is 0 Å². The van der Waals surface area contributed by atoms with Crippen LogP contribution in [0.15, 0.2) is 4.52 Å². The molecule has 1 heterocycles. The van der Waals surface area contributed by atoms with Crippen molar-refractivity contribution < 1.29 is 14.4 Å². The Morgan fingerprint density at radius 1 is 1.47 bits per heavy atom. The summed E-state index contributed by atoms with van der Waals surface area (Å²) in [5.74, 6) is 1.82. The molecule has 17 heavy (non-hydrogen) atoms. The highest BCUT2D eigenvalue weighted by Gasteiger charge is 2.35. The lowest BCUT2D eigenvalue weighted by Gasteiger charge is -2.11. The molecule has 1 saturated carbocycles. The van der Waals surface area contributed by atoms with Crippen LogP contribution >= 0.6 is 0 Å². The van der Waals surface area contributed by atoms with Crippen LogP contribution in [0.4, 0.5) is 0 Å². The van der Waals surface area contributed by atoms with E-state index in [0.717, 1.165) is 12.8 Å². The smallest absolute Gasteiger partial charge is 0.229 e. The third-order valence-electron chi connectivity index (χ3n) is 3.20. The van der Waals surface area contributed by atoms with Crippen LogP contribution in [-0.4, -0.2) is 28.5 Å². The molecule has 2 rings (SSSR count). The van der Waals surface area contributed by atoms with Crippen molar-refractivity contribution in [2.45, 2.75) is 45.3 Å². The average molecular weight is 240 g/mol. The van der Waals surface area contributed by atoms with Crippen LogP contribution in [0.25, 0.3) is 0 Å². The summed E-state index contributed by atoms with van der Waals surface area (Å²) in [6.45, 7) is 3.92. The van der Waals surface area contributed by atoms with Gasteiger partial charge in [0.05, 0.1) is 12.5 Å². The molecule has 1 aliphatic rings. The summed E-state index contributed by atoms with van der Waals surface area (Å²) < 4.78 is 10.5. The molecule has 1 fully saturated rings. The maximum Gasteiger partial charge on any atom is 0.229 e. The zero-order valence-electron chi connectivity index (χ0n) is 10.6. The van der Waals surface area contributed by atoms with Gasteiger partial charge < -0.3 is 14.4 Å². The first kappa shape index (κ1) is 12.5. The molecule has 5 nitrogen and oxygen atoms in total. The van der Waals surface area contributed by atoms with Gasteiger partial charge in [-0.2, -0.15) is 4.98 Å². The maximum atomic E-state index is 9.75. The van der Waals surface area contributed by atoms with Crippen molar-refractivity contribution in [2.24, 2.45) is 11.8 Å². The minimum atomic E-state index is -0.440. The van der Waals surface area contributed by atoms with E-state index in [-0.39, 0.29) is 12.0 Å². The van der Waals surface area contributed by atoms with Gasteiger partial charge in [0.1, 0.15) is 6.10 Å². The molecule has 2 atom stereocenters. The van der Waals surface area contributed by atoms with E-state index in [1.807, 2.05) is 13.8 Å². The molecule has 5 heteroatoms. The first-order valence-corrected chi connectivity index (χ1v) is 6.15. The molecule has 0 saturated heterocycles. The van der Waals surface area contributed by atoms with Gasteiger partial charge in [-0.1, -0.05) is 19.0 Å². The fourth-order valence-corrected chi connectivity index (χ4v) is 1.79. The van der Waals surface area contributed by atoms with E-state index >= 15 is 0 Å². The molecule has 1 aromatic heterocycles. The quantitative estimate of drug-likeness (QED) is 0.820. The van der Waals surface area contributed by atoms with Crippen molar-refractivity contribution in [3.63, 3.8) is 0 Å². The Balaban J connectivity index is 1.99. The molecule has 0 spiro atoms. The average Bonchev–Trinajstić information content (AvgIpc) is 3.01. The predicted molar refractivity (Wildman–Crippen MR) is 61.3 cm³/mol. The fourth-order valence-electron chi connectivity index (χ4n) is 1.79. The molecule has 1 aromatic rings. The normalized spacial score (nSPS) is 19.6. The summed E-state index contributed by atoms with van der Waals surface area (Å²) in [5, 5.41) is 13.7. The van der Waals surface area contributed by atoms with Crippen molar-refractivity contribution in [3.05, 3.63) is 11.7 Å². The number of nitrogens with zero attached hydrogens (tertiary/aromatic N) is 2. The first-order valence-electron chi connectivity index (χ1n) is 6.15. The Labute approximate surface area is 101 Å². The summed E-state index contributed by atoms with van der Waals surface area (Å²) >= 11 is 0. The molecule has 1 N–H and O–H groups in total. The monoisotopic (exact) mass is 240 g/mol.